The van der Waals surface area contributed by atoms with Crippen LogP contribution in [0.15, 0.2) is 63.6 Å². The molecule has 1 heterocycles. The van der Waals surface area contributed by atoms with Gasteiger partial charge < -0.3 is 10.0 Å². The summed E-state index contributed by atoms with van der Waals surface area (Å²) >= 11 is 0. The standard InChI is InChI=1S/C26H29N3O3/c1-14-6-8-18(20(30)11-14)25-27-24(23-17(4)10-16(3)13-22(23)32)28-26(29(25)5)19-9-7-15(2)12-21(19)31/h6-9,11-13,17-18,23,25,31H,10H2,1-5H3. The van der Waals surface area contributed by atoms with Gasteiger partial charge in [0.1, 0.15) is 23.6 Å². The van der Waals surface area contributed by atoms with E-state index in [4.69, 9.17) is 9.98 Å². The summed E-state index contributed by atoms with van der Waals surface area (Å²) in [5, 5.41) is 10.7. The minimum Gasteiger partial charge on any atom is -0.507 e. The van der Waals surface area contributed by atoms with E-state index in [9.17, 15) is 14.7 Å². The van der Waals surface area contributed by atoms with E-state index in [2.05, 4.69) is 0 Å². The molecule has 32 heavy (non-hydrogen) atoms. The van der Waals surface area contributed by atoms with Crippen LogP contribution in [0.3, 0.4) is 0 Å². The zero-order chi connectivity index (χ0) is 23.2. The van der Waals surface area contributed by atoms with Gasteiger partial charge in [-0.05, 0) is 68.5 Å². The summed E-state index contributed by atoms with van der Waals surface area (Å²) in [5.74, 6) is 0.0784. The number of aryl methyl sites for hydroxylation is 1. The molecule has 1 aliphatic heterocycles. The van der Waals surface area contributed by atoms with Crippen molar-refractivity contribution in [1.29, 1.82) is 0 Å². The number of nitrogens with zero attached hydrogens (tertiary/aromatic N) is 3. The van der Waals surface area contributed by atoms with Gasteiger partial charge in [-0.25, -0.2) is 9.98 Å². The molecule has 1 N–H and O–H groups in total. The van der Waals surface area contributed by atoms with Gasteiger partial charge in [-0.1, -0.05) is 30.7 Å². The van der Waals surface area contributed by atoms with Crippen molar-refractivity contribution in [2.75, 3.05) is 7.05 Å². The van der Waals surface area contributed by atoms with Crippen LogP contribution in [0.2, 0.25) is 0 Å². The highest BCUT2D eigenvalue weighted by atomic mass is 16.3. The molecule has 3 aliphatic rings. The topological polar surface area (TPSA) is 82.3 Å². The minimum atomic E-state index is -0.557. The molecule has 1 aromatic rings. The maximum atomic E-state index is 13.0. The van der Waals surface area contributed by atoms with E-state index in [0.717, 1.165) is 23.1 Å². The lowest BCUT2D eigenvalue weighted by molar-refractivity contribution is -0.118. The van der Waals surface area contributed by atoms with Crippen LogP contribution in [0.4, 0.5) is 0 Å². The molecule has 0 bridgehead atoms. The van der Waals surface area contributed by atoms with Gasteiger partial charge in [0, 0.05) is 7.05 Å². The number of carbonyl (C=O) groups is 2. The minimum absolute atomic E-state index is 0.0132. The molecule has 4 rings (SSSR count). The predicted molar refractivity (Wildman–Crippen MR) is 126 cm³/mol. The number of ketones is 2. The summed E-state index contributed by atoms with van der Waals surface area (Å²) < 4.78 is 0. The summed E-state index contributed by atoms with van der Waals surface area (Å²) in [6, 6.07) is 5.41. The van der Waals surface area contributed by atoms with E-state index in [-0.39, 0.29) is 23.2 Å². The molecular formula is C26H29N3O3. The van der Waals surface area contributed by atoms with E-state index in [0.29, 0.717) is 17.2 Å². The van der Waals surface area contributed by atoms with E-state index < -0.39 is 18.0 Å². The number of hydrogen-bond donors (Lipinski definition) is 1. The maximum Gasteiger partial charge on any atom is 0.166 e. The molecule has 166 valence electrons. The Hall–Kier alpha value is -3.28. The number of amidine groups is 2. The van der Waals surface area contributed by atoms with Crippen molar-refractivity contribution in [3.8, 4) is 5.75 Å². The summed E-state index contributed by atoms with van der Waals surface area (Å²) in [6.07, 6.45) is 7.33. The van der Waals surface area contributed by atoms with Crippen molar-refractivity contribution >= 4 is 23.2 Å². The second-order valence-electron chi connectivity index (χ2n) is 9.20. The third-order valence-corrected chi connectivity index (χ3v) is 6.38. The van der Waals surface area contributed by atoms with E-state index in [1.54, 1.807) is 18.2 Å². The Morgan fingerprint density at radius 1 is 1.09 bits per heavy atom. The Bertz CT molecular complexity index is 1140. The second kappa shape index (κ2) is 8.34. The summed E-state index contributed by atoms with van der Waals surface area (Å²) in [5.41, 5.74) is 3.43. The van der Waals surface area contributed by atoms with E-state index >= 15 is 0 Å². The van der Waals surface area contributed by atoms with Crippen molar-refractivity contribution in [3.05, 3.63) is 64.8 Å². The van der Waals surface area contributed by atoms with Crippen LogP contribution in [-0.2, 0) is 9.59 Å². The lowest BCUT2D eigenvalue weighted by atomic mass is 9.79. The van der Waals surface area contributed by atoms with Crippen LogP contribution in [0, 0.1) is 24.7 Å². The number of benzene rings is 1. The fraction of sp³-hybridized carbons (Fsp3) is 0.385. The monoisotopic (exact) mass is 431 g/mol. The van der Waals surface area contributed by atoms with Crippen LogP contribution in [0.1, 0.15) is 38.3 Å². The molecule has 4 atom stereocenters. The molecule has 0 saturated heterocycles. The first-order chi connectivity index (χ1) is 15.2. The third kappa shape index (κ3) is 3.97. The SMILES string of the molecule is CC1=CC(=O)C(C2N=C(C3C(=O)C=C(C)CC3C)N=C(c3ccc(C)cc3O)N2C)C=C1. The van der Waals surface area contributed by atoms with Gasteiger partial charge in [-0.3, -0.25) is 9.59 Å². The molecule has 1 aromatic carbocycles. The first-order valence-electron chi connectivity index (χ1n) is 11.0. The van der Waals surface area contributed by atoms with Crippen molar-refractivity contribution in [3.63, 3.8) is 0 Å². The number of phenolic OH excluding ortho intramolecular Hbond substituents is 1. The fourth-order valence-electron chi connectivity index (χ4n) is 4.76. The molecule has 0 fully saturated rings. The largest absolute Gasteiger partial charge is 0.507 e. The van der Waals surface area contributed by atoms with Crippen LogP contribution < -0.4 is 0 Å². The zero-order valence-electron chi connectivity index (χ0n) is 19.2. The van der Waals surface area contributed by atoms with Gasteiger partial charge in [-0.2, -0.15) is 0 Å². The first-order valence-corrected chi connectivity index (χ1v) is 11.0. The smallest absolute Gasteiger partial charge is 0.166 e. The van der Waals surface area contributed by atoms with Crippen LogP contribution in [0.25, 0.3) is 0 Å². The Morgan fingerprint density at radius 3 is 2.50 bits per heavy atom. The first kappa shape index (κ1) is 21.9. The summed E-state index contributed by atoms with van der Waals surface area (Å²) in [6.45, 7) is 7.79. The molecular weight excluding hydrogens is 402 g/mol. The van der Waals surface area contributed by atoms with Crippen LogP contribution in [0.5, 0.6) is 5.75 Å². The fourth-order valence-corrected chi connectivity index (χ4v) is 4.76. The molecule has 0 spiro atoms. The Kier molecular flexibility index (Phi) is 5.71. The summed E-state index contributed by atoms with van der Waals surface area (Å²) in [4.78, 5) is 37.3. The Morgan fingerprint density at radius 2 is 1.84 bits per heavy atom. The van der Waals surface area contributed by atoms with E-state index in [1.165, 1.54) is 0 Å². The average molecular weight is 432 g/mol. The van der Waals surface area contributed by atoms with Crippen LogP contribution >= 0.6 is 0 Å². The second-order valence-corrected chi connectivity index (χ2v) is 9.20. The molecule has 0 saturated carbocycles. The van der Waals surface area contributed by atoms with Crippen molar-refractivity contribution in [2.24, 2.45) is 27.7 Å². The predicted octanol–water partition coefficient (Wildman–Crippen LogP) is 3.99. The number of rotatable bonds is 3. The van der Waals surface area contributed by atoms with Gasteiger partial charge in [0.2, 0.25) is 0 Å². The Balaban J connectivity index is 1.83. The van der Waals surface area contributed by atoms with Gasteiger partial charge in [-0.15, -0.1) is 0 Å². The lowest BCUT2D eigenvalue weighted by Gasteiger charge is -2.38. The van der Waals surface area contributed by atoms with Crippen molar-refractivity contribution < 1.29 is 14.7 Å². The molecule has 6 nitrogen and oxygen atoms in total. The van der Waals surface area contributed by atoms with E-state index in [1.807, 2.05) is 63.9 Å². The normalized spacial score (nSPS) is 28.2. The van der Waals surface area contributed by atoms with Gasteiger partial charge >= 0.3 is 0 Å². The number of phenols is 1. The summed E-state index contributed by atoms with van der Waals surface area (Å²) in [7, 11) is 1.82. The highest BCUT2D eigenvalue weighted by molar-refractivity contribution is 6.17. The average Bonchev–Trinajstić information content (AvgIpc) is 2.69. The van der Waals surface area contributed by atoms with Crippen molar-refractivity contribution in [2.45, 2.75) is 40.3 Å². The highest BCUT2D eigenvalue weighted by Crippen LogP contribution is 2.33. The number of allylic oxidation sites excluding steroid dienone is 5. The maximum absolute atomic E-state index is 13.0. The van der Waals surface area contributed by atoms with Gasteiger partial charge in [0.15, 0.2) is 11.6 Å². The molecule has 6 heteroatoms. The third-order valence-electron chi connectivity index (χ3n) is 6.38. The Labute approximate surface area is 188 Å². The molecule has 0 aromatic heterocycles. The molecule has 0 radical (unpaired) electrons. The van der Waals surface area contributed by atoms with Gasteiger partial charge in [0.05, 0.1) is 17.4 Å². The highest BCUT2D eigenvalue weighted by Gasteiger charge is 2.40. The zero-order valence-corrected chi connectivity index (χ0v) is 19.2. The molecule has 0 amide bonds. The number of hydrogen-bond acceptors (Lipinski definition) is 6. The quantitative estimate of drug-likeness (QED) is 0.785. The number of aromatic hydroxyl groups is 1. The van der Waals surface area contributed by atoms with Crippen LogP contribution in [-0.4, -0.2) is 46.5 Å². The number of aliphatic imine (C=N–C) groups is 2. The van der Waals surface area contributed by atoms with Crippen molar-refractivity contribution in [1.82, 2.24) is 4.90 Å². The molecule has 2 aliphatic carbocycles. The molecule has 4 unspecified atom stereocenters. The number of carbonyl (C=O) groups excluding carboxylic acids is 2. The lowest BCUT2D eigenvalue weighted by Crippen LogP contribution is -2.48. The van der Waals surface area contributed by atoms with Gasteiger partial charge in [0.25, 0.3) is 0 Å².